The largest absolute Gasteiger partial charge is 0.394 e. The van der Waals surface area contributed by atoms with Crippen molar-refractivity contribution in [2.45, 2.75) is 11.0 Å². The second-order valence-electron chi connectivity index (χ2n) is 2.92. The number of hydrogen-bond acceptors (Lipinski definition) is 4. The summed E-state index contributed by atoms with van der Waals surface area (Å²) in [6.45, 7) is 0.155. The molecular formula is C10H15NO2S. The zero-order valence-corrected chi connectivity index (χ0v) is 8.92. The lowest BCUT2D eigenvalue weighted by atomic mass is 10.3. The highest BCUT2D eigenvalue weighted by Crippen LogP contribution is 2.24. The highest BCUT2D eigenvalue weighted by atomic mass is 32.2. The maximum Gasteiger partial charge on any atom is 0.0942 e. The molecule has 0 spiro atoms. The minimum Gasteiger partial charge on any atom is -0.394 e. The first-order valence-corrected chi connectivity index (χ1v) is 5.66. The van der Waals surface area contributed by atoms with E-state index in [1.165, 1.54) is 0 Å². The van der Waals surface area contributed by atoms with E-state index in [9.17, 15) is 0 Å². The quantitative estimate of drug-likeness (QED) is 0.643. The molecule has 1 aromatic carbocycles. The second-order valence-corrected chi connectivity index (χ2v) is 3.77. The topological polar surface area (TPSA) is 52.5 Å². The van der Waals surface area contributed by atoms with Gasteiger partial charge in [-0.3, -0.25) is 0 Å². The average molecular weight is 213 g/mol. The Morgan fingerprint density at radius 3 is 2.79 bits per heavy atom. The van der Waals surface area contributed by atoms with Crippen molar-refractivity contribution in [3.63, 3.8) is 0 Å². The molecule has 1 unspecified atom stereocenters. The Balaban J connectivity index is 2.57. The van der Waals surface area contributed by atoms with Crippen LogP contribution >= 0.6 is 11.8 Å². The number of hydrogen-bond donors (Lipinski definition) is 3. The molecule has 0 aliphatic heterocycles. The highest BCUT2D eigenvalue weighted by molar-refractivity contribution is 7.98. The van der Waals surface area contributed by atoms with Crippen LogP contribution < -0.4 is 5.32 Å². The SMILES string of the molecule is CSc1ccccc1NCC(O)CO. The molecule has 3 N–H and O–H groups in total. The first-order chi connectivity index (χ1) is 6.77. The van der Waals surface area contributed by atoms with Gasteiger partial charge in [-0.15, -0.1) is 11.8 Å². The van der Waals surface area contributed by atoms with Crippen LogP contribution in [0.15, 0.2) is 29.2 Å². The van der Waals surface area contributed by atoms with Crippen molar-refractivity contribution in [2.24, 2.45) is 0 Å². The van der Waals surface area contributed by atoms with Crippen molar-refractivity contribution < 1.29 is 10.2 Å². The van der Waals surface area contributed by atoms with E-state index in [2.05, 4.69) is 5.32 Å². The van der Waals surface area contributed by atoms with Gasteiger partial charge in [0.2, 0.25) is 0 Å². The van der Waals surface area contributed by atoms with E-state index < -0.39 is 6.10 Å². The zero-order chi connectivity index (χ0) is 10.4. The summed E-state index contributed by atoms with van der Waals surface area (Å²) in [7, 11) is 0. The van der Waals surface area contributed by atoms with E-state index in [1.807, 2.05) is 30.5 Å². The van der Waals surface area contributed by atoms with E-state index in [4.69, 9.17) is 10.2 Å². The third-order valence-corrected chi connectivity index (χ3v) is 2.64. The summed E-state index contributed by atoms with van der Waals surface area (Å²) >= 11 is 1.65. The molecule has 3 nitrogen and oxygen atoms in total. The van der Waals surface area contributed by atoms with Crippen LogP contribution in [-0.2, 0) is 0 Å². The van der Waals surface area contributed by atoms with Crippen molar-refractivity contribution in [1.29, 1.82) is 0 Å². The van der Waals surface area contributed by atoms with Gasteiger partial charge in [-0.25, -0.2) is 0 Å². The Hall–Kier alpha value is -0.710. The molecular weight excluding hydrogens is 198 g/mol. The Labute approximate surface area is 88.2 Å². The van der Waals surface area contributed by atoms with Gasteiger partial charge >= 0.3 is 0 Å². The van der Waals surface area contributed by atoms with Crippen LogP contribution in [0.5, 0.6) is 0 Å². The maximum absolute atomic E-state index is 9.16. The zero-order valence-electron chi connectivity index (χ0n) is 8.10. The van der Waals surface area contributed by atoms with Gasteiger partial charge in [-0.1, -0.05) is 12.1 Å². The number of thioether (sulfide) groups is 1. The van der Waals surface area contributed by atoms with E-state index in [1.54, 1.807) is 11.8 Å². The molecule has 1 aromatic rings. The first kappa shape index (κ1) is 11.4. The smallest absolute Gasteiger partial charge is 0.0942 e. The number of aliphatic hydroxyl groups is 2. The summed E-state index contributed by atoms with van der Waals surface area (Å²) < 4.78 is 0. The molecule has 1 atom stereocenters. The fourth-order valence-corrected chi connectivity index (χ4v) is 1.66. The fourth-order valence-electron chi connectivity index (χ4n) is 1.08. The summed E-state index contributed by atoms with van der Waals surface area (Å²) in [5.74, 6) is 0. The third kappa shape index (κ3) is 3.21. The molecule has 0 aromatic heterocycles. The van der Waals surface area contributed by atoms with Crippen LogP contribution in [0.3, 0.4) is 0 Å². The third-order valence-electron chi connectivity index (χ3n) is 1.85. The van der Waals surface area contributed by atoms with Crippen LogP contribution in [0.25, 0.3) is 0 Å². The van der Waals surface area contributed by atoms with Crippen LogP contribution in [0.4, 0.5) is 5.69 Å². The number of nitrogens with one attached hydrogen (secondary N) is 1. The molecule has 78 valence electrons. The lowest BCUT2D eigenvalue weighted by molar-refractivity contribution is 0.105. The number of rotatable bonds is 5. The Morgan fingerprint density at radius 1 is 1.43 bits per heavy atom. The van der Waals surface area contributed by atoms with Gasteiger partial charge in [0, 0.05) is 17.1 Å². The number of anilines is 1. The summed E-state index contributed by atoms with van der Waals surface area (Å²) in [6.07, 6.45) is 1.30. The molecule has 0 saturated heterocycles. The monoisotopic (exact) mass is 213 g/mol. The Morgan fingerprint density at radius 2 is 2.14 bits per heavy atom. The summed E-state index contributed by atoms with van der Waals surface area (Å²) in [4.78, 5) is 1.14. The Kier molecular flexibility index (Phi) is 4.79. The minimum absolute atomic E-state index is 0.214. The van der Waals surface area contributed by atoms with Crippen molar-refractivity contribution in [3.8, 4) is 0 Å². The fraction of sp³-hybridized carbons (Fsp3) is 0.400. The summed E-state index contributed by atoms with van der Waals surface area (Å²) in [5.41, 5.74) is 0.993. The lowest BCUT2D eigenvalue weighted by Crippen LogP contribution is -2.23. The van der Waals surface area contributed by atoms with Crippen LogP contribution in [0.1, 0.15) is 0 Å². The minimum atomic E-state index is -0.704. The number of benzene rings is 1. The molecule has 0 fully saturated rings. The molecule has 4 heteroatoms. The van der Waals surface area contributed by atoms with Gasteiger partial charge in [0.1, 0.15) is 0 Å². The molecule has 0 bridgehead atoms. The standard InChI is InChI=1S/C10H15NO2S/c1-14-10-5-3-2-4-9(10)11-6-8(13)7-12/h2-5,8,11-13H,6-7H2,1H3. The maximum atomic E-state index is 9.16. The average Bonchev–Trinajstić information content (AvgIpc) is 2.26. The van der Waals surface area contributed by atoms with Crippen molar-refractivity contribution in [3.05, 3.63) is 24.3 Å². The molecule has 1 rings (SSSR count). The normalized spacial score (nSPS) is 12.5. The van der Waals surface area contributed by atoms with Gasteiger partial charge in [-0.05, 0) is 18.4 Å². The van der Waals surface area contributed by atoms with Gasteiger partial charge in [0.05, 0.1) is 12.7 Å². The molecule has 0 aliphatic carbocycles. The molecule has 0 amide bonds. The summed E-state index contributed by atoms with van der Waals surface area (Å²) in [6, 6.07) is 7.88. The Bertz CT molecular complexity index is 281. The number of para-hydroxylation sites is 1. The number of aliphatic hydroxyl groups excluding tert-OH is 2. The highest BCUT2D eigenvalue weighted by Gasteiger charge is 2.03. The molecule has 0 heterocycles. The predicted octanol–water partition coefficient (Wildman–Crippen LogP) is 1.17. The van der Waals surface area contributed by atoms with Crippen molar-refractivity contribution in [2.75, 3.05) is 24.7 Å². The van der Waals surface area contributed by atoms with Crippen LogP contribution in [-0.4, -0.2) is 35.7 Å². The summed E-state index contributed by atoms with van der Waals surface area (Å²) in [5, 5.41) is 20.9. The van der Waals surface area contributed by atoms with E-state index >= 15 is 0 Å². The van der Waals surface area contributed by atoms with Crippen LogP contribution in [0.2, 0.25) is 0 Å². The van der Waals surface area contributed by atoms with Crippen molar-refractivity contribution in [1.82, 2.24) is 0 Å². The van der Waals surface area contributed by atoms with Gasteiger partial charge in [-0.2, -0.15) is 0 Å². The lowest BCUT2D eigenvalue weighted by Gasteiger charge is -2.12. The van der Waals surface area contributed by atoms with Gasteiger partial charge in [0.15, 0.2) is 0 Å². The van der Waals surface area contributed by atoms with Crippen LogP contribution in [0, 0.1) is 0 Å². The van der Waals surface area contributed by atoms with Gasteiger partial charge in [0.25, 0.3) is 0 Å². The van der Waals surface area contributed by atoms with E-state index in [0.29, 0.717) is 6.54 Å². The molecule has 0 aliphatic rings. The van der Waals surface area contributed by atoms with E-state index in [0.717, 1.165) is 10.6 Å². The molecule has 0 saturated carbocycles. The molecule has 0 radical (unpaired) electrons. The predicted molar refractivity (Wildman–Crippen MR) is 59.8 cm³/mol. The first-order valence-electron chi connectivity index (χ1n) is 4.43. The molecule has 14 heavy (non-hydrogen) atoms. The second kappa shape index (κ2) is 5.90. The van der Waals surface area contributed by atoms with Crippen molar-refractivity contribution >= 4 is 17.4 Å². The van der Waals surface area contributed by atoms with E-state index in [-0.39, 0.29) is 6.61 Å². The van der Waals surface area contributed by atoms with Gasteiger partial charge < -0.3 is 15.5 Å².